The van der Waals surface area contributed by atoms with Gasteiger partial charge >= 0.3 is 0 Å². The monoisotopic (exact) mass is 508 g/mol. The molecule has 186 valence electrons. The van der Waals surface area contributed by atoms with Crippen molar-refractivity contribution in [1.82, 2.24) is 15.0 Å². The summed E-state index contributed by atoms with van der Waals surface area (Å²) in [6.07, 6.45) is 5.29. The summed E-state index contributed by atoms with van der Waals surface area (Å²) in [4.78, 5) is 18.8. The summed E-state index contributed by atoms with van der Waals surface area (Å²) in [5, 5.41) is 20.5. The Labute approximate surface area is 209 Å². The molecule has 4 rings (SSSR count). The molecular formula is C23H33ClN6O3S. The Morgan fingerprint density at radius 1 is 1.24 bits per heavy atom. The zero-order chi connectivity index (χ0) is 24.3. The molecule has 0 saturated carbocycles. The van der Waals surface area contributed by atoms with Gasteiger partial charge in [0, 0.05) is 62.9 Å². The molecule has 1 unspecified atom stereocenters. The molecule has 4 heterocycles. The van der Waals surface area contributed by atoms with Crippen LogP contribution >= 0.6 is 23.4 Å². The van der Waals surface area contributed by atoms with E-state index in [-0.39, 0.29) is 30.6 Å². The zero-order valence-corrected chi connectivity index (χ0v) is 21.2. The van der Waals surface area contributed by atoms with Crippen molar-refractivity contribution in [3.05, 3.63) is 29.2 Å². The minimum atomic E-state index is -0.195. The SMILES string of the molecule is COCC(N)C1(C)CCN(c2ncc(Sc3ccnc(N4CC(CO)C4)c3Cl)nc2CO)CC1. The molecule has 34 heavy (non-hydrogen) atoms. The molecule has 0 amide bonds. The highest BCUT2D eigenvalue weighted by molar-refractivity contribution is 7.99. The molecule has 2 aliphatic rings. The smallest absolute Gasteiger partial charge is 0.152 e. The van der Waals surface area contributed by atoms with Crippen LogP contribution in [0.25, 0.3) is 0 Å². The Kier molecular flexibility index (Phi) is 8.16. The second-order valence-electron chi connectivity index (χ2n) is 9.34. The largest absolute Gasteiger partial charge is 0.396 e. The standard InChI is InChI=1S/C23H33ClN6O3S/c1-23(18(25)14-33-2)4-7-29(8-5-23)21-16(13-32)28-19(9-27-21)34-17-3-6-26-22(20(17)24)30-10-15(11-30)12-31/h3,6,9,15,18,31-32H,4-5,7-8,10-14,25H2,1-2H3. The third-order valence-corrected chi connectivity index (χ3v) is 8.41. The molecule has 2 saturated heterocycles. The molecule has 11 heteroatoms. The maximum absolute atomic E-state index is 10.0. The number of aliphatic hydroxyl groups is 2. The van der Waals surface area contributed by atoms with E-state index in [0.717, 1.165) is 43.9 Å². The lowest BCUT2D eigenvalue weighted by molar-refractivity contribution is 0.0991. The van der Waals surface area contributed by atoms with Crippen molar-refractivity contribution in [3.8, 4) is 0 Å². The van der Waals surface area contributed by atoms with E-state index in [1.54, 1.807) is 19.5 Å². The van der Waals surface area contributed by atoms with Crippen LogP contribution in [0.5, 0.6) is 0 Å². The van der Waals surface area contributed by atoms with Gasteiger partial charge in [-0.1, -0.05) is 30.3 Å². The molecule has 4 N–H and O–H groups in total. The van der Waals surface area contributed by atoms with E-state index in [2.05, 4.69) is 31.7 Å². The first-order chi connectivity index (χ1) is 16.4. The number of piperidine rings is 1. The number of halogens is 1. The maximum Gasteiger partial charge on any atom is 0.152 e. The van der Waals surface area contributed by atoms with Crippen molar-refractivity contribution in [3.63, 3.8) is 0 Å². The number of aliphatic hydroxyl groups excluding tert-OH is 2. The summed E-state index contributed by atoms with van der Waals surface area (Å²) in [7, 11) is 1.68. The van der Waals surface area contributed by atoms with Crippen LogP contribution < -0.4 is 15.5 Å². The van der Waals surface area contributed by atoms with Crippen LogP contribution in [-0.4, -0.2) is 77.7 Å². The van der Waals surface area contributed by atoms with Gasteiger partial charge in [0.15, 0.2) is 5.82 Å². The first-order valence-electron chi connectivity index (χ1n) is 11.5. The second kappa shape index (κ2) is 10.9. The molecule has 1 atom stereocenters. The fourth-order valence-corrected chi connectivity index (χ4v) is 5.63. The van der Waals surface area contributed by atoms with Gasteiger partial charge in [-0.2, -0.15) is 0 Å². The van der Waals surface area contributed by atoms with Gasteiger partial charge in [-0.25, -0.2) is 15.0 Å². The average Bonchev–Trinajstić information content (AvgIpc) is 2.81. The number of hydrogen-bond donors (Lipinski definition) is 3. The van der Waals surface area contributed by atoms with Crippen molar-refractivity contribution in [2.45, 2.75) is 42.3 Å². The van der Waals surface area contributed by atoms with Gasteiger partial charge in [-0.15, -0.1) is 0 Å². The van der Waals surface area contributed by atoms with Gasteiger partial charge in [0.1, 0.15) is 16.5 Å². The van der Waals surface area contributed by atoms with Crippen LogP contribution in [-0.2, 0) is 11.3 Å². The first kappa shape index (κ1) is 25.4. The number of rotatable bonds is 9. The van der Waals surface area contributed by atoms with Crippen molar-refractivity contribution in [1.29, 1.82) is 0 Å². The van der Waals surface area contributed by atoms with E-state index in [1.165, 1.54) is 11.8 Å². The number of ether oxygens (including phenoxy) is 1. The molecular weight excluding hydrogens is 476 g/mol. The normalized spacial score (nSPS) is 19.2. The van der Waals surface area contributed by atoms with E-state index < -0.39 is 0 Å². The van der Waals surface area contributed by atoms with E-state index in [1.807, 2.05) is 6.07 Å². The Morgan fingerprint density at radius 2 is 1.97 bits per heavy atom. The summed E-state index contributed by atoms with van der Waals surface area (Å²) < 4.78 is 5.26. The third-order valence-electron chi connectivity index (χ3n) is 6.96. The van der Waals surface area contributed by atoms with E-state index in [4.69, 9.17) is 22.1 Å². The lowest BCUT2D eigenvalue weighted by Crippen LogP contribution is -2.50. The van der Waals surface area contributed by atoms with Crippen LogP contribution in [0.15, 0.2) is 28.4 Å². The Hall–Kier alpha value is -1.69. The predicted octanol–water partition coefficient (Wildman–Crippen LogP) is 2.18. The molecule has 0 radical (unpaired) electrons. The highest BCUT2D eigenvalue weighted by Crippen LogP contribution is 2.40. The number of nitrogens with two attached hydrogens (primary N) is 1. The highest BCUT2D eigenvalue weighted by atomic mass is 35.5. The summed E-state index contributed by atoms with van der Waals surface area (Å²) in [5.41, 5.74) is 6.91. The number of methoxy groups -OCH3 is 1. The van der Waals surface area contributed by atoms with Crippen LogP contribution in [0.3, 0.4) is 0 Å². The van der Waals surface area contributed by atoms with Crippen LogP contribution in [0.2, 0.25) is 5.02 Å². The van der Waals surface area contributed by atoms with E-state index in [9.17, 15) is 10.2 Å². The molecule has 0 spiro atoms. The van der Waals surface area contributed by atoms with Gasteiger partial charge in [0.25, 0.3) is 0 Å². The summed E-state index contributed by atoms with van der Waals surface area (Å²) in [5.74, 6) is 1.70. The van der Waals surface area contributed by atoms with Gasteiger partial charge in [0.2, 0.25) is 0 Å². The van der Waals surface area contributed by atoms with Gasteiger partial charge in [0.05, 0.1) is 24.4 Å². The van der Waals surface area contributed by atoms with E-state index >= 15 is 0 Å². The lowest BCUT2D eigenvalue weighted by atomic mass is 9.74. The molecule has 0 aliphatic carbocycles. The Bertz CT molecular complexity index is 985. The zero-order valence-electron chi connectivity index (χ0n) is 19.7. The molecule has 2 aromatic rings. The summed E-state index contributed by atoms with van der Waals surface area (Å²) in [6, 6.07) is 1.84. The van der Waals surface area contributed by atoms with Crippen LogP contribution in [0, 0.1) is 11.3 Å². The Morgan fingerprint density at radius 3 is 2.62 bits per heavy atom. The molecule has 0 aromatic carbocycles. The molecule has 9 nitrogen and oxygen atoms in total. The van der Waals surface area contributed by atoms with Gasteiger partial charge < -0.3 is 30.5 Å². The fraction of sp³-hybridized carbons (Fsp3) is 0.609. The van der Waals surface area contributed by atoms with Crippen molar-refractivity contribution >= 4 is 35.0 Å². The Balaban J connectivity index is 1.45. The third kappa shape index (κ3) is 5.27. The molecule has 2 fully saturated rings. The summed E-state index contributed by atoms with van der Waals surface area (Å²) in [6.45, 7) is 5.81. The number of anilines is 2. The van der Waals surface area contributed by atoms with Gasteiger partial charge in [-0.05, 0) is 24.3 Å². The first-order valence-corrected chi connectivity index (χ1v) is 12.7. The molecule has 0 bridgehead atoms. The maximum atomic E-state index is 10.0. The minimum Gasteiger partial charge on any atom is -0.396 e. The second-order valence-corrected chi connectivity index (χ2v) is 10.8. The van der Waals surface area contributed by atoms with Crippen molar-refractivity contribution in [2.75, 3.05) is 56.3 Å². The van der Waals surface area contributed by atoms with Crippen molar-refractivity contribution in [2.24, 2.45) is 17.1 Å². The van der Waals surface area contributed by atoms with E-state index in [0.29, 0.717) is 34.0 Å². The lowest BCUT2D eigenvalue weighted by Gasteiger charge is -2.43. The predicted molar refractivity (Wildman–Crippen MR) is 134 cm³/mol. The fourth-order valence-electron chi connectivity index (χ4n) is 4.49. The number of nitrogens with zero attached hydrogens (tertiary/aromatic N) is 5. The number of aromatic nitrogens is 3. The minimum absolute atomic E-state index is 0.0115. The van der Waals surface area contributed by atoms with Crippen LogP contribution in [0.4, 0.5) is 11.6 Å². The number of pyridine rings is 1. The summed E-state index contributed by atoms with van der Waals surface area (Å²) >= 11 is 8.05. The highest BCUT2D eigenvalue weighted by Gasteiger charge is 2.36. The molecule has 2 aromatic heterocycles. The van der Waals surface area contributed by atoms with Crippen molar-refractivity contribution < 1.29 is 14.9 Å². The number of hydrogen-bond acceptors (Lipinski definition) is 10. The average molecular weight is 509 g/mol. The van der Waals surface area contributed by atoms with Crippen LogP contribution in [0.1, 0.15) is 25.5 Å². The van der Waals surface area contributed by atoms with Gasteiger partial charge in [-0.3, -0.25) is 0 Å². The quantitative estimate of drug-likeness (QED) is 0.464. The molecule has 2 aliphatic heterocycles. The topological polar surface area (TPSA) is 121 Å².